The zero-order valence-electron chi connectivity index (χ0n) is 11.1. The smallest absolute Gasteiger partial charge is 0.307 e. The standard InChI is InChI=1S/C16H14N2O2/c1-11-2-4-12(5-3-11)13-6-7-18-15(8-13)14(10-17-18)9-16(19)20/h2-8,10H,9H2,1H3,(H,19,20). The summed E-state index contributed by atoms with van der Waals surface area (Å²) in [5.74, 6) is -0.847. The number of aryl methyl sites for hydroxylation is 1. The van der Waals surface area contributed by atoms with Crippen molar-refractivity contribution in [3.05, 3.63) is 59.9 Å². The molecule has 0 aliphatic heterocycles. The molecule has 0 aliphatic carbocycles. The van der Waals surface area contributed by atoms with Crippen molar-refractivity contribution >= 4 is 11.5 Å². The van der Waals surface area contributed by atoms with E-state index in [4.69, 9.17) is 5.11 Å². The Hall–Kier alpha value is -2.62. The predicted molar refractivity (Wildman–Crippen MR) is 76.7 cm³/mol. The van der Waals surface area contributed by atoms with Gasteiger partial charge in [0.05, 0.1) is 18.1 Å². The van der Waals surface area contributed by atoms with Gasteiger partial charge in [-0.1, -0.05) is 29.8 Å². The van der Waals surface area contributed by atoms with Crippen molar-refractivity contribution < 1.29 is 9.90 Å². The van der Waals surface area contributed by atoms with E-state index in [1.54, 1.807) is 10.7 Å². The summed E-state index contributed by atoms with van der Waals surface area (Å²) >= 11 is 0. The van der Waals surface area contributed by atoms with E-state index in [0.29, 0.717) is 0 Å². The summed E-state index contributed by atoms with van der Waals surface area (Å²) in [5.41, 5.74) is 4.95. The summed E-state index contributed by atoms with van der Waals surface area (Å²) < 4.78 is 1.70. The van der Waals surface area contributed by atoms with Crippen LogP contribution in [0.1, 0.15) is 11.1 Å². The first-order valence-corrected chi connectivity index (χ1v) is 6.38. The quantitative estimate of drug-likeness (QED) is 0.793. The van der Waals surface area contributed by atoms with Crippen LogP contribution in [0.5, 0.6) is 0 Å². The Bertz CT molecular complexity index is 773. The summed E-state index contributed by atoms with van der Waals surface area (Å²) in [6, 6.07) is 12.2. The minimum absolute atomic E-state index is 0.0130. The number of benzene rings is 1. The van der Waals surface area contributed by atoms with Crippen LogP contribution in [0, 0.1) is 6.92 Å². The van der Waals surface area contributed by atoms with E-state index >= 15 is 0 Å². The molecule has 3 rings (SSSR count). The number of aromatic nitrogens is 2. The Morgan fingerprint density at radius 2 is 1.95 bits per heavy atom. The second-order valence-electron chi connectivity index (χ2n) is 4.85. The van der Waals surface area contributed by atoms with E-state index in [1.807, 2.05) is 18.3 Å². The number of hydrogen-bond acceptors (Lipinski definition) is 2. The molecular formula is C16H14N2O2. The summed E-state index contributed by atoms with van der Waals surface area (Å²) in [6.45, 7) is 2.05. The lowest BCUT2D eigenvalue weighted by Gasteiger charge is -2.04. The van der Waals surface area contributed by atoms with Gasteiger partial charge < -0.3 is 5.11 Å². The Labute approximate surface area is 116 Å². The van der Waals surface area contributed by atoms with Crippen LogP contribution >= 0.6 is 0 Å². The topological polar surface area (TPSA) is 54.6 Å². The van der Waals surface area contributed by atoms with Crippen LogP contribution in [0.25, 0.3) is 16.6 Å². The SMILES string of the molecule is Cc1ccc(-c2ccn3ncc(CC(=O)O)c3c2)cc1. The number of hydrogen-bond donors (Lipinski definition) is 1. The van der Waals surface area contributed by atoms with E-state index in [-0.39, 0.29) is 6.42 Å². The number of carboxylic acid groups (broad SMARTS) is 1. The van der Waals surface area contributed by atoms with E-state index in [1.165, 1.54) is 5.56 Å². The first-order chi connectivity index (χ1) is 9.63. The summed E-state index contributed by atoms with van der Waals surface area (Å²) in [5, 5.41) is 13.1. The highest BCUT2D eigenvalue weighted by atomic mass is 16.4. The van der Waals surface area contributed by atoms with Gasteiger partial charge in [0.15, 0.2) is 0 Å². The van der Waals surface area contributed by atoms with Gasteiger partial charge in [-0.05, 0) is 30.2 Å². The normalized spacial score (nSPS) is 10.8. The van der Waals surface area contributed by atoms with Gasteiger partial charge in [0, 0.05) is 11.8 Å². The van der Waals surface area contributed by atoms with Gasteiger partial charge in [-0.25, -0.2) is 4.52 Å². The van der Waals surface area contributed by atoms with Crippen molar-refractivity contribution in [2.75, 3.05) is 0 Å². The largest absolute Gasteiger partial charge is 0.481 e. The van der Waals surface area contributed by atoms with Gasteiger partial charge in [0.25, 0.3) is 0 Å². The van der Waals surface area contributed by atoms with Crippen LogP contribution in [0.3, 0.4) is 0 Å². The van der Waals surface area contributed by atoms with Crippen molar-refractivity contribution in [3.63, 3.8) is 0 Å². The number of carbonyl (C=O) groups is 1. The van der Waals surface area contributed by atoms with Crippen molar-refractivity contribution in [2.24, 2.45) is 0 Å². The fourth-order valence-corrected chi connectivity index (χ4v) is 2.26. The number of fused-ring (bicyclic) bond motifs is 1. The van der Waals surface area contributed by atoms with Crippen LogP contribution in [-0.2, 0) is 11.2 Å². The van der Waals surface area contributed by atoms with Crippen LogP contribution in [-0.4, -0.2) is 20.7 Å². The summed E-state index contributed by atoms with van der Waals surface area (Å²) in [7, 11) is 0. The fraction of sp³-hybridized carbons (Fsp3) is 0.125. The first kappa shape index (κ1) is 12.4. The molecule has 0 unspecified atom stereocenters. The lowest BCUT2D eigenvalue weighted by molar-refractivity contribution is -0.136. The van der Waals surface area contributed by atoms with Crippen molar-refractivity contribution in [1.29, 1.82) is 0 Å². The molecule has 0 radical (unpaired) electrons. The van der Waals surface area contributed by atoms with Crippen LogP contribution in [0.15, 0.2) is 48.8 Å². The number of pyridine rings is 1. The second kappa shape index (κ2) is 4.81. The molecule has 0 spiro atoms. The summed E-state index contributed by atoms with van der Waals surface area (Å²) in [6.07, 6.45) is 3.46. The molecule has 2 heterocycles. The van der Waals surface area contributed by atoms with Gasteiger partial charge in [0.2, 0.25) is 0 Å². The maximum atomic E-state index is 10.9. The maximum Gasteiger partial charge on any atom is 0.307 e. The minimum atomic E-state index is -0.847. The zero-order chi connectivity index (χ0) is 14.1. The predicted octanol–water partition coefficient (Wildman–Crippen LogP) is 2.94. The molecule has 0 atom stereocenters. The molecule has 2 aromatic heterocycles. The Kier molecular flexibility index (Phi) is 2.99. The van der Waals surface area contributed by atoms with Gasteiger partial charge in [-0.3, -0.25) is 4.79 Å². The molecule has 0 saturated heterocycles. The molecule has 4 nitrogen and oxygen atoms in total. The highest BCUT2D eigenvalue weighted by Gasteiger charge is 2.09. The highest BCUT2D eigenvalue weighted by Crippen LogP contribution is 2.23. The van der Waals surface area contributed by atoms with Crippen molar-refractivity contribution in [1.82, 2.24) is 9.61 Å². The monoisotopic (exact) mass is 266 g/mol. The molecule has 0 bridgehead atoms. The van der Waals surface area contributed by atoms with E-state index in [9.17, 15) is 4.79 Å². The Balaban J connectivity index is 2.09. The van der Waals surface area contributed by atoms with Crippen LogP contribution in [0.2, 0.25) is 0 Å². The third-order valence-electron chi connectivity index (χ3n) is 3.33. The molecule has 1 N–H and O–H groups in total. The molecule has 0 saturated carbocycles. The third kappa shape index (κ3) is 2.28. The molecule has 0 aliphatic rings. The van der Waals surface area contributed by atoms with Gasteiger partial charge in [-0.15, -0.1) is 0 Å². The lowest BCUT2D eigenvalue weighted by Crippen LogP contribution is -1.99. The van der Waals surface area contributed by atoms with E-state index in [0.717, 1.165) is 22.2 Å². The Morgan fingerprint density at radius 3 is 2.65 bits per heavy atom. The fourth-order valence-electron chi connectivity index (χ4n) is 2.26. The Morgan fingerprint density at radius 1 is 1.20 bits per heavy atom. The molecular weight excluding hydrogens is 252 g/mol. The zero-order valence-corrected chi connectivity index (χ0v) is 11.1. The highest BCUT2D eigenvalue weighted by molar-refractivity contribution is 5.76. The van der Waals surface area contributed by atoms with Crippen molar-refractivity contribution in [3.8, 4) is 11.1 Å². The number of nitrogens with zero attached hydrogens (tertiary/aromatic N) is 2. The molecule has 0 fully saturated rings. The molecule has 1 aromatic carbocycles. The first-order valence-electron chi connectivity index (χ1n) is 6.38. The number of aliphatic carboxylic acids is 1. The average molecular weight is 266 g/mol. The number of rotatable bonds is 3. The molecule has 4 heteroatoms. The van der Waals surface area contributed by atoms with Crippen LogP contribution < -0.4 is 0 Å². The second-order valence-corrected chi connectivity index (χ2v) is 4.85. The van der Waals surface area contributed by atoms with Crippen molar-refractivity contribution in [2.45, 2.75) is 13.3 Å². The molecule has 3 aromatic rings. The summed E-state index contributed by atoms with van der Waals surface area (Å²) in [4.78, 5) is 10.9. The van der Waals surface area contributed by atoms with Gasteiger partial charge >= 0.3 is 5.97 Å². The van der Waals surface area contributed by atoms with E-state index < -0.39 is 5.97 Å². The van der Waals surface area contributed by atoms with Crippen LogP contribution in [0.4, 0.5) is 0 Å². The maximum absolute atomic E-state index is 10.9. The molecule has 100 valence electrons. The van der Waals surface area contributed by atoms with E-state index in [2.05, 4.69) is 36.3 Å². The minimum Gasteiger partial charge on any atom is -0.481 e. The van der Waals surface area contributed by atoms with Gasteiger partial charge in [0.1, 0.15) is 0 Å². The third-order valence-corrected chi connectivity index (χ3v) is 3.33. The number of carboxylic acids is 1. The molecule has 0 amide bonds. The molecule has 20 heavy (non-hydrogen) atoms. The lowest BCUT2D eigenvalue weighted by atomic mass is 10.0. The average Bonchev–Trinajstić information content (AvgIpc) is 2.81. The van der Waals surface area contributed by atoms with Gasteiger partial charge in [-0.2, -0.15) is 5.10 Å².